The lowest BCUT2D eigenvalue weighted by Gasteiger charge is -2.26. The van der Waals surface area contributed by atoms with Gasteiger partial charge in [0.05, 0.1) is 5.92 Å². The molecule has 1 saturated heterocycles. The van der Waals surface area contributed by atoms with Crippen LogP contribution in [0, 0.1) is 5.92 Å². The van der Waals surface area contributed by atoms with Crippen molar-refractivity contribution in [3.05, 3.63) is 16.4 Å². The fraction of sp³-hybridized carbons (Fsp3) is 0.545. The molecule has 6 nitrogen and oxygen atoms in total. The maximum atomic E-state index is 11.8. The Morgan fingerprint density at radius 3 is 2.72 bits per heavy atom. The van der Waals surface area contributed by atoms with Crippen LogP contribution in [0.3, 0.4) is 0 Å². The zero-order valence-corrected chi connectivity index (χ0v) is 11.6. The van der Waals surface area contributed by atoms with Crippen molar-refractivity contribution in [3.8, 4) is 0 Å². The number of nitrogens with one attached hydrogen (secondary N) is 1. The van der Waals surface area contributed by atoms with Gasteiger partial charge in [-0.1, -0.05) is 0 Å². The van der Waals surface area contributed by atoms with E-state index in [1.165, 1.54) is 6.07 Å². The second-order valence-electron chi connectivity index (χ2n) is 4.39. The van der Waals surface area contributed by atoms with Crippen LogP contribution in [0.1, 0.15) is 23.3 Å². The van der Waals surface area contributed by atoms with Crippen LogP contribution in [0.4, 0.5) is 0 Å². The Balaban J connectivity index is 1.89. The molecule has 18 heavy (non-hydrogen) atoms. The van der Waals surface area contributed by atoms with Crippen molar-refractivity contribution in [1.82, 2.24) is 15.1 Å². The average Bonchev–Trinajstić information content (AvgIpc) is 2.76. The molecule has 1 aliphatic rings. The van der Waals surface area contributed by atoms with Gasteiger partial charge in [0, 0.05) is 6.07 Å². The first-order valence-electron chi connectivity index (χ1n) is 5.71. The lowest BCUT2D eigenvalue weighted by Crippen LogP contribution is -2.35. The summed E-state index contributed by atoms with van der Waals surface area (Å²) in [7, 11) is 2.01. The lowest BCUT2D eigenvalue weighted by atomic mass is 9.97. The number of aromatic nitrogens is 2. The molecule has 0 saturated carbocycles. The van der Waals surface area contributed by atoms with Crippen molar-refractivity contribution in [2.24, 2.45) is 5.92 Å². The SMILES string of the molecule is CN1CCC(C(=O)OC(=O)c2cc(Br)[nH]n2)CC1. The number of ether oxygens (including phenoxy) is 1. The summed E-state index contributed by atoms with van der Waals surface area (Å²) in [6.07, 6.45) is 1.46. The van der Waals surface area contributed by atoms with Crippen molar-refractivity contribution in [2.45, 2.75) is 12.8 Å². The van der Waals surface area contributed by atoms with Crippen LogP contribution in [-0.2, 0) is 9.53 Å². The fourth-order valence-corrected chi connectivity index (χ4v) is 2.18. The van der Waals surface area contributed by atoms with Gasteiger partial charge in [-0.25, -0.2) is 4.79 Å². The molecule has 1 aromatic rings. The maximum absolute atomic E-state index is 11.8. The molecule has 0 atom stereocenters. The summed E-state index contributed by atoms with van der Waals surface area (Å²) >= 11 is 3.13. The van der Waals surface area contributed by atoms with E-state index < -0.39 is 11.9 Å². The number of nitrogens with zero attached hydrogens (tertiary/aromatic N) is 2. The normalized spacial score (nSPS) is 17.7. The van der Waals surface area contributed by atoms with E-state index in [1.54, 1.807) is 0 Å². The Hall–Kier alpha value is -1.21. The third-order valence-electron chi connectivity index (χ3n) is 3.00. The van der Waals surface area contributed by atoms with Gasteiger partial charge in [0.1, 0.15) is 4.60 Å². The molecule has 0 amide bonds. The minimum atomic E-state index is -0.708. The average molecular weight is 316 g/mol. The van der Waals surface area contributed by atoms with Gasteiger partial charge >= 0.3 is 11.9 Å². The van der Waals surface area contributed by atoms with Gasteiger partial charge in [-0.3, -0.25) is 9.89 Å². The summed E-state index contributed by atoms with van der Waals surface area (Å²) in [6, 6.07) is 1.48. The highest BCUT2D eigenvalue weighted by Crippen LogP contribution is 2.18. The van der Waals surface area contributed by atoms with Crippen LogP contribution in [0.15, 0.2) is 10.7 Å². The highest BCUT2D eigenvalue weighted by molar-refractivity contribution is 9.10. The first-order chi connectivity index (χ1) is 8.56. The standard InChI is InChI=1S/C11H14BrN3O3/c1-15-4-2-7(3-5-15)10(16)18-11(17)8-6-9(12)14-13-8/h6-7H,2-5H2,1H3,(H,13,14). The number of piperidine rings is 1. The highest BCUT2D eigenvalue weighted by atomic mass is 79.9. The summed E-state index contributed by atoms with van der Waals surface area (Å²) in [6.45, 7) is 1.70. The monoisotopic (exact) mass is 315 g/mol. The number of rotatable bonds is 2. The Morgan fingerprint density at radius 2 is 2.17 bits per heavy atom. The molecular formula is C11H14BrN3O3. The van der Waals surface area contributed by atoms with Crippen LogP contribution < -0.4 is 0 Å². The van der Waals surface area contributed by atoms with Gasteiger partial charge in [-0.05, 0) is 48.9 Å². The topological polar surface area (TPSA) is 75.3 Å². The highest BCUT2D eigenvalue weighted by Gasteiger charge is 2.27. The molecular weight excluding hydrogens is 302 g/mol. The lowest BCUT2D eigenvalue weighted by molar-refractivity contribution is -0.144. The second kappa shape index (κ2) is 5.62. The molecule has 0 unspecified atom stereocenters. The minimum Gasteiger partial charge on any atom is -0.388 e. The molecule has 0 aliphatic carbocycles. The molecule has 2 heterocycles. The third kappa shape index (κ3) is 3.17. The summed E-state index contributed by atoms with van der Waals surface area (Å²) in [5, 5.41) is 6.28. The molecule has 98 valence electrons. The van der Waals surface area contributed by atoms with E-state index in [1.807, 2.05) is 7.05 Å². The van der Waals surface area contributed by atoms with E-state index in [-0.39, 0.29) is 11.6 Å². The van der Waals surface area contributed by atoms with E-state index >= 15 is 0 Å². The predicted molar refractivity (Wildman–Crippen MR) is 66.9 cm³/mol. The van der Waals surface area contributed by atoms with Crippen LogP contribution in [0.25, 0.3) is 0 Å². The van der Waals surface area contributed by atoms with Crippen LogP contribution in [0.2, 0.25) is 0 Å². The fourth-order valence-electron chi connectivity index (χ4n) is 1.87. The summed E-state index contributed by atoms with van der Waals surface area (Å²) in [5.74, 6) is -1.35. The first-order valence-corrected chi connectivity index (χ1v) is 6.51. The number of hydrogen-bond donors (Lipinski definition) is 1. The number of H-pyrrole nitrogens is 1. The van der Waals surface area contributed by atoms with Crippen molar-refractivity contribution < 1.29 is 14.3 Å². The molecule has 1 N–H and O–H groups in total. The van der Waals surface area contributed by atoms with E-state index in [0.717, 1.165) is 25.9 Å². The number of carbonyl (C=O) groups is 2. The maximum Gasteiger partial charge on any atom is 0.366 e. The largest absolute Gasteiger partial charge is 0.388 e. The van der Waals surface area contributed by atoms with E-state index in [2.05, 4.69) is 31.0 Å². The molecule has 0 spiro atoms. The van der Waals surface area contributed by atoms with Gasteiger partial charge in [-0.2, -0.15) is 5.10 Å². The number of hydrogen-bond acceptors (Lipinski definition) is 5. The van der Waals surface area contributed by atoms with Gasteiger partial charge in [0.15, 0.2) is 5.69 Å². The zero-order chi connectivity index (χ0) is 13.1. The van der Waals surface area contributed by atoms with Crippen LogP contribution >= 0.6 is 15.9 Å². The molecule has 0 radical (unpaired) electrons. The number of likely N-dealkylation sites (tertiary alicyclic amines) is 1. The first kappa shape index (κ1) is 13.2. The molecule has 7 heteroatoms. The molecule has 0 bridgehead atoms. The number of aromatic amines is 1. The molecule has 1 aromatic heterocycles. The van der Waals surface area contributed by atoms with Crippen molar-refractivity contribution in [3.63, 3.8) is 0 Å². The molecule has 1 aliphatic heterocycles. The summed E-state index contributed by atoms with van der Waals surface area (Å²) in [4.78, 5) is 25.6. The van der Waals surface area contributed by atoms with Crippen LogP contribution in [0.5, 0.6) is 0 Å². The summed E-state index contributed by atoms with van der Waals surface area (Å²) in [5.41, 5.74) is 0.100. The van der Waals surface area contributed by atoms with Gasteiger partial charge in [0.25, 0.3) is 0 Å². The Kier molecular flexibility index (Phi) is 4.13. The van der Waals surface area contributed by atoms with E-state index in [0.29, 0.717) is 4.60 Å². The van der Waals surface area contributed by atoms with Gasteiger partial charge in [0.2, 0.25) is 0 Å². The Morgan fingerprint density at radius 1 is 1.50 bits per heavy atom. The second-order valence-corrected chi connectivity index (χ2v) is 5.24. The van der Waals surface area contributed by atoms with Crippen molar-refractivity contribution >= 4 is 27.9 Å². The predicted octanol–water partition coefficient (Wildman–Crippen LogP) is 1.20. The minimum absolute atomic E-state index is 0.100. The number of esters is 2. The number of carbonyl (C=O) groups excluding carboxylic acids is 2. The Bertz CT molecular complexity index is 452. The van der Waals surface area contributed by atoms with Gasteiger partial charge in [-0.15, -0.1) is 0 Å². The van der Waals surface area contributed by atoms with Crippen molar-refractivity contribution in [1.29, 1.82) is 0 Å². The quantitative estimate of drug-likeness (QED) is 0.655. The van der Waals surface area contributed by atoms with E-state index in [4.69, 9.17) is 4.74 Å². The zero-order valence-electron chi connectivity index (χ0n) is 9.98. The van der Waals surface area contributed by atoms with E-state index in [9.17, 15) is 9.59 Å². The third-order valence-corrected chi connectivity index (χ3v) is 3.41. The summed E-state index contributed by atoms with van der Waals surface area (Å²) < 4.78 is 5.40. The Labute approximate surface area is 113 Å². The smallest absolute Gasteiger partial charge is 0.366 e. The van der Waals surface area contributed by atoms with Crippen LogP contribution in [-0.4, -0.2) is 47.2 Å². The number of halogens is 1. The molecule has 0 aromatic carbocycles. The molecule has 1 fully saturated rings. The van der Waals surface area contributed by atoms with Crippen molar-refractivity contribution in [2.75, 3.05) is 20.1 Å². The van der Waals surface area contributed by atoms with Gasteiger partial charge < -0.3 is 9.64 Å². The molecule has 2 rings (SSSR count).